The van der Waals surface area contributed by atoms with Crippen molar-refractivity contribution in [3.63, 3.8) is 0 Å². The van der Waals surface area contributed by atoms with Crippen molar-refractivity contribution >= 4 is 52.1 Å². The van der Waals surface area contributed by atoms with E-state index in [4.69, 9.17) is 4.98 Å². The molecule has 0 aliphatic heterocycles. The Morgan fingerprint density at radius 1 is 0.500 bits per heavy atom. The summed E-state index contributed by atoms with van der Waals surface area (Å²) >= 11 is 0. The molecule has 46 heavy (non-hydrogen) atoms. The predicted molar refractivity (Wildman–Crippen MR) is 197 cm³/mol. The Bertz CT molecular complexity index is 2460. The fraction of sp³-hybridized carbons (Fsp3) is 0.0476. The monoisotopic (exact) mass is 605 g/mol. The van der Waals surface area contributed by atoms with Crippen LogP contribution in [0.1, 0.15) is 0 Å². The summed E-state index contributed by atoms with van der Waals surface area (Å²) in [6.45, 7) is 4.76. The Hall–Kier alpha value is -5.58. The highest BCUT2D eigenvalue weighted by molar-refractivity contribution is 6.70. The number of hydrogen-bond donors (Lipinski definition) is 0. The minimum atomic E-state index is -0.802. The quantitative estimate of drug-likeness (QED) is 0.144. The molecule has 0 atom stereocenters. The first-order valence-corrected chi connectivity index (χ1v) is 18.8. The van der Waals surface area contributed by atoms with E-state index in [0.717, 1.165) is 22.5 Å². The van der Waals surface area contributed by atoms with Gasteiger partial charge in [-0.15, -0.1) is 0 Å². The van der Waals surface area contributed by atoms with E-state index in [-0.39, 0.29) is 0 Å². The van der Waals surface area contributed by atoms with Crippen LogP contribution < -0.4 is 5.19 Å². The van der Waals surface area contributed by atoms with Crippen LogP contribution in [-0.4, -0.2) is 23.2 Å². The lowest BCUT2D eigenvalue weighted by atomic mass is 9.89. The van der Waals surface area contributed by atoms with Crippen LogP contribution in [-0.2, 0) is 0 Å². The van der Waals surface area contributed by atoms with Gasteiger partial charge in [-0.1, -0.05) is 121 Å². The molecule has 9 rings (SSSR count). The molecule has 0 radical (unpaired) electrons. The predicted octanol–water partition coefficient (Wildman–Crippen LogP) is 9.99. The third-order valence-electron chi connectivity index (χ3n) is 9.39. The summed E-state index contributed by atoms with van der Waals surface area (Å²) in [5.74, 6) is 0.699. The molecule has 3 nitrogen and oxygen atoms in total. The summed E-state index contributed by atoms with van der Waals surface area (Å²) in [5, 5.41) is 9.33. The zero-order chi connectivity index (χ0) is 30.8. The Morgan fingerprint density at radius 3 is 1.57 bits per heavy atom. The van der Waals surface area contributed by atoms with Crippen LogP contribution in [0.15, 0.2) is 146 Å². The fourth-order valence-electron chi connectivity index (χ4n) is 7.01. The Morgan fingerprint density at radius 2 is 1.02 bits per heavy atom. The molecule has 0 bridgehead atoms. The van der Waals surface area contributed by atoms with Gasteiger partial charge < -0.3 is 0 Å². The maximum absolute atomic E-state index is 4.90. The van der Waals surface area contributed by atoms with Gasteiger partial charge in [0.25, 0.3) is 0 Å². The molecule has 0 saturated carbocycles. The molecule has 0 unspecified atom stereocenters. The first-order valence-electron chi connectivity index (χ1n) is 15.9. The molecule has 0 saturated heterocycles. The van der Waals surface area contributed by atoms with Crippen molar-refractivity contribution in [3.05, 3.63) is 146 Å². The van der Waals surface area contributed by atoms with Gasteiger partial charge in [0.05, 0.1) is 20.2 Å². The summed E-state index contributed by atoms with van der Waals surface area (Å²) in [6.07, 6.45) is 3.83. The molecule has 0 spiro atoms. The molecule has 0 amide bonds. The lowest BCUT2D eigenvalue weighted by molar-refractivity contribution is 1.11. The second-order valence-corrected chi connectivity index (χ2v) is 15.5. The minimum Gasteiger partial charge on any atom is -0.283 e. The van der Waals surface area contributed by atoms with Crippen molar-refractivity contribution < 1.29 is 0 Å². The molecule has 0 N–H and O–H groups in total. The summed E-state index contributed by atoms with van der Waals surface area (Å²) in [4.78, 5) is 9.43. The maximum atomic E-state index is 4.90. The van der Waals surface area contributed by atoms with Gasteiger partial charge in [0, 0.05) is 23.5 Å². The number of rotatable bonds is 5. The van der Waals surface area contributed by atoms with Crippen molar-refractivity contribution in [2.45, 2.75) is 13.1 Å². The van der Waals surface area contributed by atoms with E-state index < -0.39 is 8.80 Å². The molecule has 7 aromatic carbocycles. The van der Waals surface area contributed by atoms with E-state index in [9.17, 15) is 0 Å². The van der Waals surface area contributed by atoms with Crippen molar-refractivity contribution in [1.29, 1.82) is 0 Å². The Balaban J connectivity index is 1.12. The first-order chi connectivity index (χ1) is 22.6. The molecule has 4 heteroatoms. The van der Waals surface area contributed by atoms with Gasteiger partial charge in [0.15, 0.2) is 0 Å². The highest BCUT2D eigenvalue weighted by Crippen LogP contribution is 2.40. The van der Waals surface area contributed by atoms with E-state index in [1.807, 2.05) is 18.3 Å². The van der Waals surface area contributed by atoms with Crippen LogP contribution in [0.4, 0.5) is 0 Å². The zero-order valence-corrected chi connectivity index (χ0v) is 26.9. The van der Waals surface area contributed by atoms with E-state index in [1.165, 1.54) is 59.8 Å². The number of hydrogen-bond acceptors (Lipinski definition) is 2. The molecule has 0 aliphatic carbocycles. The third kappa shape index (κ3) is 4.33. The van der Waals surface area contributed by atoms with Crippen LogP contribution in [0, 0.1) is 0 Å². The highest BCUT2D eigenvalue weighted by Gasteiger charge is 2.17. The van der Waals surface area contributed by atoms with Crippen LogP contribution >= 0.6 is 0 Å². The molecule has 9 aromatic rings. The second kappa shape index (κ2) is 10.5. The van der Waals surface area contributed by atoms with Crippen molar-refractivity contribution in [2.75, 3.05) is 0 Å². The number of fused-ring (bicyclic) bond motifs is 1. The smallest absolute Gasteiger partial charge is 0.234 e. The summed E-state index contributed by atoms with van der Waals surface area (Å²) in [7, 11) is -0.802. The van der Waals surface area contributed by atoms with Gasteiger partial charge in [0.2, 0.25) is 5.78 Å². The molecule has 2 heterocycles. The van der Waals surface area contributed by atoms with Gasteiger partial charge in [-0.25, -0.2) is 9.97 Å². The maximum Gasteiger partial charge on any atom is 0.234 e. The summed E-state index contributed by atoms with van der Waals surface area (Å²) < 4.78 is 2.08. The standard InChI is InChI=1S/C42H31N3Si/c1-46(2)37-19-17-28(18-20-37)36-25-33-15-13-31-23-35(24-32-14-16-34(26-36)39(33)38(31)32)27-9-11-30(12-10-27)41-40(29-7-4-3-5-8-29)44-42-43-21-6-22-45(41)42/h3-26,46H,1-2H3. The average molecular weight is 606 g/mol. The molecule has 2 aromatic heterocycles. The average Bonchev–Trinajstić information content (AvgIpc) is 3.50. The van der Waals surface area contributed by atoms with Crippen LogP contribution in [0.3, 0.4) is 0 Å². The van der Waals surface area contributed by atoms with Crippen molar-refractivity contribution in [2.24, 2.45) is 0 Å². The van der Waals surface area contributed by atoms with E-state index in [2.05, 4.69) is 144 Å². The second-order valence-electron chi connectivity index (χ2n) is 12.5. The lowest BCUT2D eigenvalue weighted by Crippen LogP contribution is -2.21. The Kier molecular flexibility index (Phi) is 6.12. The fourth-order valence-corrected chi connectivity index (χ4v) is 7.97. The molecular formula is C42H31N3Si. The highest BCUT2D eigenvalue weighted by atomic mass is 28.3. The topological polar surface area (TPSA) is 30.2 Å². The van der Waals surface area contributed by atoms with Gasteiger partial charge in [-0.3, -0.25) is 4.40 Å². The van der Waals surface area contributed by atoms with Gasteiger partial charge in [0.1, 0.15) is 0 Å². The largest absolute Gasteiger partial charge is 0.283 e. The van der Waals surface area contributed by atoms with E-state index in [1.54, 1.807) is 6.20 Å². The molecular weight excluding hydrogens is 575 g/mol. The van der Waals surface area contributed by atoms with Crippen molar-refractivity contribution in [3.8, 4) is 44.8 Å². The lowest BCUT2D eigenvalue weighted by Gasteiger charge is -2.15. The normalized spacial score (nSPS) is 11.9. The number of imidazole rings is 1. The minimum absolute atomic E-state index is 0.699. The van der Waals surface area contributed by atoms with Crippen molar-refractivity contribution in [1.82, 2.24) is 14.4 Å². The summed E-state index contributed by atoms with van der Waals surface area (Å²) in [5.41, 5.74) is 9.15. The van der Waals surface area contributed by atoms with Gasteiger partial charge >= 0.3 is 0 Å². The Labute approximate surface area is 269 Å². The summed E-state index contributed by atoms with van der Waals surface area (Å²) in [6, 6.07) is 49.0. The van der Waals surface area contributed by atoms with E-state index in [0.29, 0.717) is 5.78 Å². The molecule has 0 fully saturated rings. The third-order valence-corrected chi connectivity index (χ3v) is 11.1. The molecule has 218 valence electrons. The number of nitrogens with zero attached hydrogens (tertiary/aromatic N) is 3. The zero-order valence-electron chi connectivity index (χ0n) is 25.8. The van der Waals surface area contributed by atoms with E-state index >= 15 is 0 Å². The van der Waals surface area contributed by atoms with Crippen LogP contribution in [0.25, 0.3) is 82.9 Å². The number of aromatic nitrogens is 3. The molecule has 0 aliphatic rings. The van der Waals surface area contributed by atoms with Gasteiger partial charge in [-0.2, -0.15) is 0 Å². The first kappa shape index (κ1) is 26.8. The SMILES string of the molecule is C[SiH](C)c1ccc(-c2cc3ccc4cc(-c5ccc(-c6c(-c7ccccc7)nc7ncccn67)cc5)cc5ccc(c2)c3c45)cc1. The van der Waals surface area contributed by atoms with Gasteiger partial charge in [-0.05, 0) is 84.9 Å². The number of benzene rings is 7. The van der Waals surface area contributed by atoms with Crippen LogP contribution in [0.2, 0.25) is 13.1 Å². The van der Waals surface area contributed by atoms with Crippen LogP contribution in [0.5, 0.6) is 0 Å².